The van der Waals surface area contributed by atoms with Crippen LogP contribution in [0.5, 0.6) is 0 Å². The Morgan fingerprint density at radius 1 is 0.500 bits per heavy atom. The van der Waals surface area contributed by atoms with E-state index in [4.69, 9.17) is 18.5 Å². The van der Waals surface area contributed by atoms with E-state index in [1.807, 2.05) is 0 Å². The molecule has 62 heavy (non-hydrogen) atoms. The second-order valence-corrected chi connectivity index (χ2v) is 18.4. The first-order chi connectivity index (χ1) is 29.9. The van der Waals surface area contributed by atoms with Crippen LogP contribution in [0.15, 0.2) is 36.5 Å². The van der Waals surface area contributed by atoms with Crippen molar-refractivity contribution in [2.24, 2.45) is 0 Å². The molecule has 362 valence electrons. The first-order valence-electron chi connectivity index (χ1n) is 24.3. The summed E-state index contributed by atoms with van der Waals surface area (Å²) in [5.41, 5.74) is 0. The molecule has 1 aliphatic rings. The Kier molecular flexibility index (Phi) is 35.9. The maximum Gasteiger partial charge on any atom is 0.472 e. The average Bonchev–Trinajstić information content (AvgIpc) is 3.25. The van der Waals surface area contributed by atoms with Crippen LogP contribution >= 0.6 is 7.82 Å². The van der Waals surface area contributed by atoms with Gasteiger partial charge in [0, 0.05) is 12.8 Å². The van der Waals surface area contributed by atoms with E-state index in [0.29, 0.717) is 12.8 Å². The van der Waals surface area contributed by atoms with E-state index >= 15 is 0 Å². The molecule has 0 spiro atoms. The number of ether oxygens (including phenoxy) is 2. The summed E-state index contributed by atoms with van der Waals surface area (Å²) in [6, 6.07) is 0. The van der Waals surface area contributed by atoms with Crippen molar-refractivity contribution in [1.29, 1.82) is 0 Å². The first-order valence-corrected chi connectivity index (χ1v) is 25.8. The van der Waals surface area contributed by atoms with Gasteiger partial charge in [0.15, 0.2) is 6.10 Å². The molecule has 0 heterocycles. The number of aliphatic hydroxyl groups excluding tert-OH is 5. The summed E-state index contributed by atoms with van der Waals surface area (Å²) in [7, 11) is -5.12. The van der Waals surface area contributed by atoms with Gasteiger partial charge in [0.1, 0.15) is 43.2 Å². The topological polar surface area (TPSA) is 210 Å². The van der Waals surface area contributed by atoms with Gasteiger partial charge in [-0.2, -0.15) is 0 Å². The third-order valence-corrected chi connectivity index (χ3v) is 12.2. The van der Waals surface area contributed by atoms with Gasteiger partial charge in [0.2, 0.25) is 0 Å². The fraction of sp³-hybridized carbons (Fsp3) is 0.833. The molecule has 13 nitrogen and oxygen atoms in total. The van der Waals surface area contributed by atoms with Crippen LogP contribution in [0, 0.1) is 0 Å². The van der Waals surface area contributed by atoms with Crippen molar-refractivity contribution in [3.05, 3.63) is 36.5 Å². The van der Waals surface area contributed by atoms with Crippen LogP contribution in [0.2, 0.25) is 0 Å². The number of phosphoric ester groups is 1. The molecular weight excluding hydrogens is 815 g/mol. The SMILES string of the molecule is CCCC/C=C/C/C=C/CCCCCCCC(=O)OC[C@H](COP(=O)(O)OC1C(O)C(O)C(O)[C@H](O)C1O)OC(=O)CCCCCCCCCCC/C=C/CCCCCCCC. The Labute approximate surface area is 374 Å². The molecule has 8 atom stereocenters. The molecule has 0 aromatic rings. The first kappa shape index (κ1) is 58.1. The Bertz CT molecular complexity index is 1230. The van der Waals surface area contributed by atoms with Gasteiger partial charge in [-0.3, -0.25) is 18.6 Å². The lowest BCUT2D eigenvalue weighted by Crippen LogP contribution is -2.64. The molecule has 1 aliphatic carbocycles. The molecule has 6 N–H and O–H groups in total. The number of hydrogen-bond acceptors (Lipinski definition) is 12. The number of unbranched alkanes of at least 4 members (excludes halogenated alkanes) is 22. The molecule has 0 radical (unpaired) electrons. The normalized spacial score (nSPS) is 22.1. The van der Waals surface area contributed by atoms with Crippen molar-refractivity contribution in [1.82, 2.24) is 0 Å². The Balaban J connectivity index is 2.43. The second kappa shape index (κ2) is 38.3. The number of allylic oxidation sites excluding steroid dienone is 6. The van der Waals surface area contributed by atoms with E-state index < -0.39 is 75.7 Å². The van der Waals surface area contributed by atoms with E-state index in [2.05, 4.69) is 50.3 Å². The zero-order valence-corrected chi connectivity index (χ0v) is 39.3. The summed E-state index contributed by atoms with van der Waals surface area (Å²) in [6.07, 6.45) is 30.5. The highest BCUT2D eigenvalue weighted by atomic mass is 31.2. The van der Waals surface area contributed by atoms with Crippen molar-refractivity contribution >= 4 is 19.8 Å². The van der Waals surface area contributed by atoms with Crippen LogP contribution in [0.1, 0.15) is 200 Å². The Hall–Kier alpha value is -1.93. The number of carbonyl (C=O) groups is 2. The number of carbonyl (C=O) groups excluding carboxylic acids is 2. The van der Waals surface area contributed by atoms with Crippen molar-refractivity contribution in [2.75, 3.05) is 13.2 Å². The number of phosphoric acid groups is 1. The number of esters is 2. The molecular formula is C48H87O13P. The molecule has 0 aliphatic heterocycles. The van der Waals surface area contributed by atoms with Gasteiger partial charge >= 0.3 is 19.8 Å². The van der Waals surface area contributed by atoms with Crippen LogP contribution in [0.25, 0.3) is 0 Å². The highest BCUT2D eigenvalue weighted by Gasteiger charge is 2.51. The van der Waals surface area contributed by atoms with Crippen molar-refractivity contribution in [3.63, 3.8) is 0 Å². The lowest BCUT2D eigenvalue weighted by atomic mass is 9.85. The summed E-state index contributed by atoms with van der Waals surface area (Å²) < 4.78 is 33.6. The van der Waals surface area contributed by atoms with Gasteiger partial charge in [0.05, 0.1) is 6.61 Å². The monoisotopic (exact) mass is 903 g/mol. The lowest BCUT2D eigenvalue weighted by molar-refractivity contribution is -0.220. The second-order valence-electron chi connectivity index (χ2n) is 17.0. The smallest absolute Gasteiger partial charge is 0.462 e. The van der Waals surface area contributed by atoms with Crippen LogP contribution < -0.4 is 0 Å². The van der Waals surface area contributed by atoms with Crippen LogP contribution in [-0.4, -0.2) is 98.3 Å². The van der Waals surface area contributed by atoms with E-state index in [1.165, 1.54) is 83.5 Å². The molecule has 0 bridgehead atoms. The number of rotatable bonds is 40. The maximum absolute atomic E-state index is 12.8. The molecule has 6 unspecified atom stereocenters. The molecule has 1 fully saturated rings. The summed E-state index contributed by atoms with van der Waals surface area (Å²) in [6.45, 7) is 3.25. The number of aliphatic hydroxyl groups is 5. The minimum absolute atomic E-state index is 0.0918. The summed E-state index contributed by atoms with van der Waals surface area (Å²) in [5, 5.41) is 50.2. The van der Waals surface area contributed by atoms with Gasteiger partial charge in [-0.25, -0.2) is 4.57 Å². The largest absolute Gasteiger partial charge is 0.472 e. The van der Waals surface area contributed by atoms with Gasteiger partial charge in [0.25, 0.3) is 0 Å². The summed E-state index contributed by atoms with van der Waals surface area (Å²) in [4.78, 5) is 35.7. The molecule has 14 heteroatoms. The fourth-order valence-electron chi connectivity index (χ4n) is 7.24. The van der Waals surface area contributed by atoms with E-state index in [0.717, 1.165) is 77.0 Å². The predicted octanol–water partition coefficient (Wildman–Crippen LogP) is 9.78. The van der Waals surface area contributed by atoms with E-state index in [9.17, 15) is 44.6 Å². The van der Waals surface area contributed by atoms with Crippen molar-refractivity contribution in [2.45, 2.75) is 243 Å². The highest BCUT2D eigenvalue weighted by Crippen LogP contribution is 2.47. The molecule has 0 saturated heterocycles. The van der Waals surface area contributed by atoms with Crippen LogP contribution in [-0.2, 0) is 32.7 Å². The van der Waals surface area contributed by atoms with Crippen molar-refractivity contribution < 1.29 is 63.1 Å². The molecule has 1 saturated carbocycles. The van der Waals surface area contributed by atoms with Crippen molar-refractivity contribution in [3.8, 4) is 0 Å². The minimum Gasteiger partial charge on any atom is -0.462 e. The predicted molar refractivity (Wildman–Crippen MR) is 244 cm³/mol. The summed E-state index contributed by atoms with van der Waals surface area (Å²) >= 11 is 0. The molecule has 0 aromatic heterocycles. The van der Waals surface area contributed by atoms with Gasteiger partial charge in [-0.05, 0) is 64.2 Å². The van der Waals surface area contributed by atoms with Gasteiger partial charge < -0.3 is 39.9 Å². The third-order valence-electron chi connectivity index (χ3n) is 11.2. The standard InChI is InChI=1S/C48H87O13P/c1-3-5-7-9-11-13-15-17-19-20-21-22-23-25-27-29-31-33-35-37-42(50)60-40(39-59-62(56,57)61-48-46(54)44(52)43(51)45(53)47(48)55)38-58-41(49)36-34-32-30-28-26-24-18-16-14-12-10-8-6-4-2/h10,12,16-19,40,43-48,51-55H,3-9,11,13-15,20-39H2,1-2H3,(H,56,57)/b12-10+,18-16+,19-17+/t40-,43?,44+,45?,46?,47?,48?/m1/s1. The molecule has 0 amide bonds. The van der Waals surface area contributed by atoms with E-state index in [1.54, 1.807) is 0 Å². The highest BCUT2D eigenvalue weighted by molar-refractivity contribution is 7.47. The maximum atomic E-state index is 12.8. The fourth-order valence-corrected chi connectivity index (χ4v) is 8.21. The Morgan fingerprint density at radius 2 is 0.887 bits per heavy atom. The van der Waals surface area contributed by atoms with Gasteiger partial charge in [-0.15, -0.1) is 0 Å². The zero-order chi connectivity index (χ0) is 45.7. The van der Waals surface area contributed by atoms with E-state index in [-0.39, 0.29) is 12.8 Å². The minimum atomic E-state index is -5.12. The van der Waals surface area contributed by atoms with Crippen LogP contribution in [0.4, 0.5) is 0 Å². The van der Waals surface area contributed by atoms with Crippen LogP contribution in [0.3, 0.4) is 0 Å². The van der Waals surface area contributed by atoms with Gasteiger partial charge in [-0.1, -0.05) is 159 Å². The summed E-state index contributed by atoms with van der Waals surface area (Å²) in [5.74, 6) is -1.11. The lowest BCUT2D eigenvalue weighted by Gasteiger charge is -2.41. The quantitative estimate of drug-likeness (QED) is 0.0147. The molecule has 1 rings (SSSR count). The third kappa shape index (κ3) is 30.3. The number of hydrogen-bond donors (Lipinski definition) is 6. The Morgan fingerprint density at radius 3 is 1.37 bits per heavy atom. The molecule has 0 aromatic carbocycles. The average molecular weight is 903 g/mol. The zero-order valence-electron chi connectivity index (χ0n) is 38.4.